The maximum absolute atomic E-state index is 14.5. The van der Waals surface area contributed by atoms with E-state index in [2.05, 4.69) is 10.1 Å². The molecule has 0 N–H and O–H groups in total. The molecule has 0 bridgehead atoms. The Morgan fingerprint density at radius 1 is 1.12 bits per heavy atom. The van der Waals surface area contributed by atoms with E-state index in [9.17, 15) is 19.3 Å². The molecule has 0 aliphatic carbocycles. The summed E-state index contributed by atoms with van der Waals surface area (Å²) in [4.78, 5) is 28.7. The number of fused-ring (bicyclic) bond motifs is 2. The molecule has 1 spiro atoms. The number of aryl methyl sites for hydroxylation is 1. The third kappa shape index (κ3) is 4.55. The number of rotatable bonds is 5. The molecule has 2 aliphatic rings. The lowest BCUT2D eigenvalue weighted by atomic mass is 9.74. The summed E-state index contributed by atoms with van der Waals surface area (Å²) in [5, 5.41) is 15.6. The molecule has 3 aromatic carbocycles. The molecule has 204 valence electrons. The van der Waals surface area contributed by atoms with Gasteiger partial charge in [-0.05, 0) is 68.2 Å². The van der Waals surface area contributed by atoms with E-state index < -0.39 is 10.3 Å². The summed E-state index contributed by atoms with van der Waals surface area (Å²) in [7, 11) is 0. The van der Waals surface area contributed by atoms with Crippen LogP contribution in [-0.4, -0.2) is 40.5 Å². The first-order valence-electron chi connectivity index (χ1n) is 13.0. The average Bonchev–Trinajstić information content (AvgIpc) is 3.48. The van der Waals surface area contributed by atoms with Gasteiger partial charge >= 0.3 is 0 Å². The van der Waals surface area contributed by atoms with Crippen molar-refractivity contribution in [3.63, 3.8) is 0 Å². The highest BCUT2D eigenvalue weighted by atomic mass is 35.5. The summed E-state index contributed by atoms with van der Waals surface area (Å²) in [6.07, 6.45) is 1.47. The van der Waals surface area contributed by atoms with Gasteiger partial charge in [0.1, 0.15) is 22.8 Å². The minimum atomic E-state index is -0.406. The number of carbonyl (C=O) groups is 1. The van der Waals surface area contributed by atoms with Crippen molar-refractivity contribution >= 4 is 28.9 Å². The van der Waals surface area contributed by atoms with Crippen molar-refractivity contribution < 1.29 is 18.6 Å². The number of amides is 1. The molecule has 1 aromatic heterocycles. The van der Waals surface area contributed by atoms with Gasteiger partial charge in [-0.25, -0.2) is 4.39 Å². The highest BCUT2D eigenvalue weighted by Crippen LogP contribution is 2.48. The molecule has 10 heteroatoms. The van der Waals surface area contributed by atoms with Crippen LogP contribution in [0.2, 0.25) is 5.02 Å². The summed E-state index contributed by atoms with van der Waals surface area (Å²) in [6.45, 7) is 4.27. The first-order valence-corrected chi connectivity index (χ1v) is 13.4. The van der Waals surface area contributed by atoms with E-state index in [0.717, 1.165) is 37.1 Å². The SMILES string of the molecule is Cc1onc(-c2ccccc2Cl)c1C(=O)N1CC2(CCN(Cc3ccc([N+](=O)[O-])cc3)CC2)c2cc(F)ccc21. The second-order valence-corrected chi connectivity index (χ2v) is 10.9. The van der Waals surface area contributed by atoms with Gasteiger partial charge in [0.2, 0.25) is 0 Å². The fourth-order valence-electron chi connectivity index (χ4n) is 5.97. The van der Waals surface area contributed by atoms with Gasteiger partial charge in [-0.15, -0.1) is 0 Å². The zero-order chi connectivity index (χ0) is 28.0. The van der Waals surface area contributed by atoms with Crippen molar-refractivity contribution in [2.75, 3.05) is 24.5 Å². The number of nitro groups is 1. The predicted molar refractivity (Wildman–Crippen MR) is 149 cm³/mol. The second-order valence-electron chi connectivity index (χ2n) is 10.5. The molecular formula is C30H26ClFN4O4. The zero-order valence-electron chi connectivity index (χ0n) is 21.8. The number of nitro benzene ring substituents is 1. The van der Waals surface area contributed by atoms with E-state index in [1.807, 2.05) is 12.1 Å². The van der Waals surface area contributed by atoms with Crippen molar-refractivity contribution in [2.45, 2.75) is 31.7 Å². The molecule has 0 unspecified atom stereocenters. The van der Waals surface area contributed by atoms with Crippen molar-refractivity contribution in [1.82, 2.24) is 10.1 Å². The highest BCUT2D eigenvalue weighted by molar-refractivity contribution is 6.33. The van der Waals surface area contributed by atoms with Crippen molar-refractivity contribution in [2.24, 2.45) is 0 Å². The Hall–Kier alpha value is -4.08. The molecule has 8 nitrogen and oxygen atoms in total. The smallest absolute Gasteiger partial charge is 0.269 e. The van der Waals surface area contributed by atoms with Gasteiger partial charge in [-0.1, -0.05) is 47.1 Å². The quantitative estimate of drug-likeness (QED) is 0.203. The lowest BCUT2D eigenvalue weighted by Gasteiger charge is -2.40. The summed E-state index contributed by atoms with van der Waals surface area (Å²) in [5.41, 5.74) is 3.53. The number of aromatic nitrogens is 1. The van der Waals surface area contributed by atoms with Crippen LogP contribution >= 0.6 is 11.6 Å². The minimum Gasteiger partial charge on any atom is -0.360 e. The Bertz CT molecular complexity index is 1610. The maximum Gasteiger partial charge on any atom is 0.269 e. The number of halogens is 2. The van der Waals surface area contributed by atoms with Crippen LogP contribution in [0.15, 0.2) is 71.3 Å². The summed E-state index contributed by atoms with van der Waals surface area (Å²) in [5.74, 6) is -0.201. The largest absolute Gasteiger partial charge is 0.360 e. The number of non-ortho nitro benzene ring substituents is 1. The molecule has 0 atom stereocenters. The van der Waals surface area contributed by atoms with E-state index >= 15 is 0 Å². The van der Waals surface area contributed by atoms with Crippen LogP contribution < -0.4 is 4.90 Å². The Balaban J connectivity index is 1.27. The second kappa shape index (κ2) is 10.1. The maximum atomic E-state index is 14.5. The summed E-state index contributed by atoms with van der Waals surface area (Å²) >= 11 is 6.43. The number of carbonyl (C=O) groups excluding carboxylic acids is 1. The molecule has 1 fully saturated rings. The molecule has 0 radical (unpaired) electrons. The van der Waals surface area contributed by atoms with Gasteiger partial charge in [0.25, 0.3) is 11.6 Å². The van der Waals surface area contributed by atoms with Crippen LogP contribution in [-0.2, 0) is 12.0 Å². The third-order valence-electron chi connectivity index (χ3n) is 8.10. The van der Waals surface area contributed by atoms with Crippen LogP contribution in [0.25, 0.3) is 11.3 Å². The topological polar surface area (TPSA) is 92.7 Å². The standard InChI is InChI=1S/C30H26ClFN4O4/c1-19-27(28(33-40-19)23-4-2-3-5-25(23)31)29(37)35-18-30(24-16-21(32)8-11-26(24)35)12-14-34(15-13-30)17-20-6-9-22(10-7-20)36(38)39/h2-11,16H,12-15,17-18H2,1H3. The van der Waals surface area contributed by atoms with E-state index in [1.54, 1.807) is 48.2 Å². The molecule has 1 saturated heterocycles. The number of piperidine rings is 1. The van der Waals surface area contributed by atoms with E-state index in [0.29, 0.717) is 46.4 Å². The number of hydrogen-bond acceptors (Lipinski definition) is 6. The monoisotopic (exact) mass is 560 g/mol. The zero-order valence-corrected chi connectivity index (χ0v) is 22.5. The Kier molecular flexibility index (Phi) is 6.64. The third-order valence-corrected chi connectivity index (χ3v) is 8.43. The van der Waals surface area contributed by atoms with Crippen molar-refractivity contribution in [1.29, 1.82) is 0 Å². The van der Waals surface area contributed by atoms with Gasteiger partial charge in [0.05, 0.1) is 9.95 Å². The van der Waals surface area contributed by atoms with Crippen LogP contribution in [0.3, 0.4) is 0 Å². The molecule has 40 heavy (non-hydrogen) atoms. The minimum absolute atomic E-state index is 0.0662. The Morgan fingerprint density at radius 2 is 1.85 bits per heavy atom. The first kappa shape index (κ1) is 26.2. The average molecular weight is 561 g/mol. The molecule has 4 aromatic rings. The summed E-state index contributed by atoms with van der Waals surface area (Å²) < 4.78 is 20.0. The van der Waals surface area contributed by atoms with Crippen LogP contribution in [0, 0.1) is 22.9 Å². The number of nitrogens with zero attached hydrogens (tertiary/aromatic N) is 4. The van der Waals surface area contributed by atoms with Gasteiger partial charge in [0.15, 0.2) is 0 Å². The fraction of sp³-hybridized carbons (Fsp3) is 0.267. The highest BCUT2D eigenvalue weighted by Gasteiger charge is 2.47. The lowest BCUT2D eigenvalue weighted by molar-refractivity contribution is -0.384. The number of likely N-dealkylation sites (tertiary alicyclic amines) is 1. The molecule has 2 aliphatic heterocycles. The first-order chi connectivity index (χ1) is 19.3. The molecule has 3 heterocycles. The molecule has 0 saturated carbocycles. The van der Waals surface area contributed by atoms with Gasteiger partial charge in [-0.3, -0.25) is 19.8 Å². The fourth-order valence-corrected chi connectivity index (χ4v) is 6.19. The van der Waals surface area contributed by atoms with Crippen LogP contribution in [0.4, 0.5) is 15.8 Å². The van der Waals surface area contributed by atoms with E-state index in [-0.39, 0.29) is 17.4 Å². The number of benzene rings is 3. The number of hydrogen-bond donors (Lipinski definition) is 0. The van der Waals surface area contributed by atoms with Crippen LogP contribution in [0.5, 0.6) is 0 Å². The van der Waals surface area contributed by atoms with Crippen molar-refractivity contribution in [3.8, 4) is 11.3 Å². The van der Waals surface area contributed by atoms with Crippen LogP contribution in [0.1, 0.15) is 40.1 Å². The molecule has 1 amide bonds. The Labute approximate surface area is 235 Å². The molecular weight excluding hydrogens is 535 g/mol. The Morgan fingerprint density at radius 3 is 2.55 bits per heavy atom. The van der Waals surface area contributed by atoms with Gasteiger partial charge in [-0.2, -0.15) is 0 Å². The number of anilines is 1. The van der Waals surface area contributed by atoms with Gasteiger partial charge < -0.3 is 9.42 Å². The van der Waals surface area contributed by atoms with E-state index in [4.69, 9.17) is 16.1 Å². The predicted octanol–water partition coefficient (Wildman–Crippen LogP) is 6.54. The van der Waals surface area contributed by atoms with E-state index in [1.165, 1.54) is 18.2 Å². The lowest BCUT2D eigenvalue weighted by Crippen LogP contribution is -2.45. The molecule has 6 rings (SSSR count). The normalized spacial score (nSPS) is 16.3. The van der Waals surface area contributed by atoms with Crippen molar-refractivity contribution in [3.05, 3.63) is 110 Å². The summed E-state index contributed by atoms with van der Waals surface area (Å²) in [6, 6.07) is 18.4. The van der Waals surface area contributed by atoms with Gasteiger partial charge in [0, 0.05) is 41.9 Å².